The molecule has 2 fully saturated rings. The molecule has 0 aromatic rings. The minimum absolute atomic E-state index is 0.347. The van der Waals surface area contributed by atoms with Gasteiger partial charge in [0.05, 0.1) is 0 Å². The summed E-state index contributed by atoms with van der Waals surface area (Å²) in [5, 5.41) is 12.2. The quantitative estimate of drug-likeness (QED) is 0.673. The molecule has 106 valence electrons. The van der Waals surface area contributed by atoms with Crippen LogP contribution in [0, 0.1) is 5.92 Å². The van der Waals surface area contributed by atoms with Crippen molar-refractivity contribution < 1.29 is 5.11 Å². The Morgan fingerprint density at radius 2 is 1.67 bits per heavy atom. The van der Waals surface area contributed by atoms with Crippen LogP contribution in [0.2, 0.25) is 0 Å². The summed E-state index contributed by atoms with van der Waals surface area (Å²) in [7, 11) is 0. The van der Waals surface area contributed by atoms with E-state index >= 15 is 0 Å². The van der Waals surface area contributed by atoms with Gasteiger partial charge < -0.3 is 20.2 Å². The van der Waals surface area contributed by atoms with Gasteiger partial charge in [0.1, 0.15) is 0 Å². The summed E-state index contributed by atoms with van der Waals surface area (Å²) in [5.41, 5.74) is 0. The zero-order chi connectivity index (χ0) is 12.6. The van der Waals surface area contributed by atoms with Gasteiger partial charge in [-0.25, -0.2) is 0 Å². The van der Waals surface area contributed by atoms with E-state index in [4.69, 9.17) is 5.11 Å². The highest BCUT2D eigenvalue weighted by Crippen LogP contribution is 2.18. The number of likely N-dealkylation sites (tertiary alicyclic amines) is 1. The van der Waals surface area contributed by atoms with Crippen molar-refractivity contribution in [2.75, 3.05) is 59.0 Å². The van der Waals surface area contributed by atoms with Crippen molar-refractivity contribution in [1.29, 1.82) is 0 Å². The highest BCUT2D eigenvalue weighted by molar-refractivity contribution is 4.77. The number of piperazine rings is 1. The molecule has 0 aliphatic carbocycles. The van der Waals surface area contributed by atoms with Gasteiger partial charge in [0, 0.05) is 39.3 Å². The summed E-state index contributed by atoms with van der Waals surface area (Å²) >= 11 is 0. The lowest BCUT2D eigenvalue weighted by molar-refractivity contribution is 0.133. The van der Waals surface area contributed by atoms with Gasteiger partial charge in [-0.2, -0.15) is 0 Å². The van der Waals surface area contributed by atoms with Crippen molar-refractivity contribution in [1.82, 2.24) is 15.1 Å². The Balaban J connectivity index is 1.57. The van der Waals surface area contributed by atoms with E-state index < -0.39 is 0 Å². The van der Waals surface area contributed by atoms with Crippen molar-refractivity contribution in [2.45, 2.75) is 25.7 Å². The first-order valence-corrected chi connectivity index (χ1v) is 7.65. The number of aliphatic hydroxyl groups is 1. The molecule has 2 saturated heterocycles. The molecule has 2 N–H and O–H groups in total. The van der Waals surface area contributed by atoms with E-state index in [0.29, 0.717) is 6.61 Å². The standard InChI is InChI=1S/C14H29N3O/c18-12-2-1-7-16-8-3-14(4-9-16)13-17-10-5-15-6-11-17/h14-15,18H,1-13H2. The molecule has 4 heteroatoms. The van der Waals surface area contributed by atoms with Gasteiger partial charge in [-0.15, -0.1) is 0 Å². The molecule has 2 heterocycles. The second kappa shape index (κ2) is 8.10. The molecule has 2 aliphatic rings. The van der Waals surface area contributed by atoms with Crippen LogP contribution in [0.25, 0.3) is 0 Å². The number of rotatable bonds is 6. The number of piperidine rings is 1. The molecule has 0 spiro atoms. The molecule has 0 amide bonds. The zero-order valence-corrected chi connectivity index (χ0v) is 11.6. The van der Waals surface area contributed by atoms with Crippen LogP contribution in [0.4, 0.5) is 0 Å². The molecule has 0 aromatic heterocycles. The highest BCUT2D eigenvalue weighted by atomic mass is 16.2. The SMILES string of the molecule is OCCCCN1CCC(CN2CCNCC2)CC1. The molecule has 0 bridgehead atoms. The van der Waals surface area contributed by atoms with Crippen molar-refractivity contribution >= 4 is 0 Å². The normalized spacial score (nSPS) is 24.5. The molecule has 0 unspecified atom stereocenters. The third-order valence-electron chi connectivity index (χ3n) is 4.32. The van der Waals surface area contributed by atoms with E-state index in [2.05, 4.69) is 15.1 Å². The molecular formula is C14H29N3O. The van der Waals surface area contributed by atoms with Gasteiger partial charge in [-0.05, 0) is 51.2 Å². The van der Waals surface area contributed by atoms with Gasteiger partial charge >= 0.3 is 0 Å². The molecule has 0 atom stereocenters. The van der Waals surface area contributed by atoms with Gasteiger partial charge in [0.2, 0.25) is 0 Å². The van der Waals surface area contributed by atoms with Crippen molar-refractivity contribution in [3.63, 3.8) is 0 Å². The predicted octanol–water partition coefficient (Wildman–Crippen LogP) is 0.376. The number of hydrogen-bond acceptors (Lipinski definition) is 4. The maximum atomic E-state index is 8.79. The molecule has 0 aromatic carbocycles. The molecule has 0 radical (unpaired) electrons. The Hall–Kier alpha value is -0.160. The molecule has 2 rings (SSSR count). The first-order chi connectivity index (χ1) is 8.88. The number of nitrogens with zero attached hydrogens (tertiary/aromatic N) is 2. The third kappa shape index (κ3) is 4.84. The minimum Gasteiger partial charge on any atom is -0.396 e. The summed E-state index contributed by atoms with van der Waals surface area (Å²) in [6.07, 6.45) is 4.84. The topological polar surface area (TPSA) is 38.7 Å². The molecular weight excluding hydrogens is 226 g/mol. The van der Waals surface area contributed by atoms with Crippen LogP contribution in [0.1, 0.15) is 25.7 Å². The molecule has 0 saturated carbocycles. The zero-order valence-electron chi connectivity index (χ0n) is 11.6. The van der Waals surface area contributed by atoms with E-state index in [0.717, 1.165) is 18.8 Å². The van der Waals surface area contributed by atoms with E-state index in [1.54, 1.807) is 0 Å². The molecule has 18 heavy (non-hydrogen) atoms. The average molecular weight is 255 g/mol. The summed E-state index contributed by atoms with van der Waals surface area (Å²) in [6, 6.07) is 0. The fourth-order valence-electron chi connectivity index (χ4n) is 3.10. The maximum absolute atomic E-state index is 8.79. The van der Waals surface area contributed by atoms with Crippen molar-refractivity contribution in [3.05, 3.63) is 0 Å². The Labute approximate surface area is 111 Å². The maximum Gasteiger partial charge on any atom is 0.0431 e. The van der Waals surface area contributed by atoms with Crippen LogP contribution in [-0.2, 0) is 0 Å². The number of aliphatic hydroxyl groups excluding tert-OH is 1. The first-order valence-electron chi connectivity index (χ1n) is 7.65. The van der Waals surface area contributed by atoms with Crippen LogP contribution >= 0.6 is 0 Å². The van der Waals surface area contributed by atoms with Crippen LogP contribution in [0.3, 0.4) is 0 Å². The lowest BCUT2D eigenvalue weighted by atomic mass is 9.96. The molecule has 2 aliphatic heterocycles. The smallest absolute Gasteiger partial charge is 0.0431 e. The van der Waals surface area contributed by atoms with Crippen LogP contribution in [0.15, 0.2) is 0 Å². The van der Waals surface area contributed by atoms with E-state index in [9.17, 15) is 0 Å². The van der Waals surface area contributed by atoms with E-state index in [-0.39, 0.29) is 0 Å². The van der Waals surface area contributed by atoms with Crippen molar-refractivity contribution in [2.24, 2.45) is 5.92 Å². The highest BCUT2D eigenvalue weighted by Gasteiger charge is 2.21. The summed E-state index contributed by atoms with van der Waals surface area (Å²) in [5.74, 6) is 0.914. The average Bonchev–Trinajstić information content (AvgIpc) is 2.42. The summed E-state index contributed by atoms with van der Waals surface area (Å²) in [4.78, 5) is 5.20. The number of hydrogen-bond donors (Lipinski definition) is 2. The Kier molecular flexibility index (Phi) is 6.41. The Morgan fingerprint density at radius 1 is 0.944 bits per heavy atom. The second-order valence-corrected chi connectivity index (χ2v) is 5.77. The number of nitrogens with one attached hydrogen (secondary N) is 1. The minimum atomic E-state index is 0.347. The summed E-state index contributed by atoms with van der Waals surface area (Å²) in [6.45, 7) is 10.2. The van der Waals surface area contributed by atoms with Crippen LogP contribution in [0.5, 0.6) is 0 Å². The first kappa shape index (κ1) is 14.3. The number of unbranched alkanes of at least 4 members (excludes halogenated alkanes) is 1. The molecule has 4 nitrogen and oxygen atoms in total. The Morgan fingerprint density at radius 3 is 2.33 bits per heavy atom. The van der Waals surface area contributed by atoms with Crippen LogP contribution < -0.4 is 5.32 Å². The summed E-state index contributed by atoms with van der Waals surface area (Å²) < 4.78 is 0. The second-order valence-electron chi connectivity index (χ2n) is 5.77. The third-order valence-corrected chi connectivity index (χ3v) is 4.32. The fourth-order valence-corrected chi connectivity index (χ4v) is 3.10. The lowest BCUT2D eigenvalue weighted by Gasteiger charge is -2.36. The van der Waals surface area contributed by atoms with E-state index in [1.807, 2.05) is 0 Å². The van der Waals surface area contributed by atoms with Gasteiger partial charge in [0.15, 0.2) is 0 Å². The van der Waals surface area contributed by atoms with Gasteiger partial charge in [0.25, 0.3) is 0 Å². The van der Waals surface area contributed by atoms with Gasteiger partial charge in [-0.3, -0.25) is 0 Å². The Bertz CT molecular complexity index is 211. The van der Waals surface area contributed by atoms with Gasteiger partial charge in [-0.1, -0.05) is 0 Å². The van der Waals surface area contributed by atoms with Crippen molar-refractivity contribution in [3.8, 4) is 0 Å². The predicted molar refractivity (Wildman–Crippen MR) is 74.8 cm³/mol. The lowest BCUT2D eigenvalue weighted by Crippen LogP contribution is -2.46. The van der Waals surface area contributed by atoms with E-state index in [1.165, 1.54) is 65.2 Å². The monoisotopic (exact) mass is 255 g/mol. The fraction of sp³-hybridized carbons (Fsp3) is 1.00. The largest absolute Gasteiger partial charge is 0.396 e. The van der Waals surface area contributed by atoms with Crippen LogP contribution in [-0.4, -0.2) is 73.9 Å².